The van der Waals surface area contributed by atoms with Crippen LogP contribution in [-0.4, -0.2) is 158 Å². The van der Waals surface area contributed by atoms with Crippen LogP contribution >= 0.6 is 11.3 Å². The van der Waals surface area contributed by atoms with E-state index in [0.717, 1.165) is 34.5 Å². The molecular weight excluding hydrogens is 1070 g/mol. The molecule has 19 nitrogen and oxygen atoms in total. The standard InChI is InChI=1S/C62H93N5O14S/c1-40-32-45-15-12-41(2)49(19-18-48-34-46(68)36-54(72)80-48)55(45)51(33-40)81-60(75)62(7,8)22-20-52(70)63-23-31-79-29-11-27-77-25-9-24-76-26-10-28-78-30-21-53(71)66-57(61(4,5)6)59(74)67-38-47(69)35-50(67)58(73)64-37-43-13-16-44(17-14-43)56-42(3)65-39-82-56/h12-17,32,39-41,46-51,55,57,68-69H,9-11,18-31,33-38H2,1-8H3,(H,63,70)(H,64,73)(H,66,71)/t40-,41-,46+,47+,48+,49-,50-,51-,55-,57+/m0/s1. The summed E-state index contributed by atoms with van der Waals surface area (Å²) in [6.07, 6.45) is 9.82. The highest BCUT2D eigenvalue weighted by Crippen LogP contribution is 2.46. The Labute approximate surface area is 489 Å². The van der Waals surface area contributed by atoms with Gasteiger partial charge in [-0.15, -0.1) is 11.3 Å². The zero-order valence-corrected chi connectivity index (χ0v) is 50.6. The van der Waals surface area contributed by atoms with Gasteiger partial charge in [0.25, 0.3) is 0 Å². The van der Waals surface area contributed by atoms with Crippen molar-refractivity contribution in [3.63, 3.8) is 0 Å². The van der Waals surface area contributed by atoms with Gasteiger partial charge in [-0.1, -0.05) is 77.1 Å². The number of ether oxygens (including phenoxy) is 6. The molecule has 0 bridgehead atoms. The molecule has 2 aromatic rings. The maximum atomic E-state index is 14.0. The van der Waals surface area contributed by atoms with E-state index >= 15 is 0 Å². The number of aryl methyl sites for hydroxylation is 1. The summed E-state index contributed by atoms with van der Waals surface area (Å²) in [6, 6.07) is 6.08. The summed E-state index contributed by atoms with van der Waals surface area (Å²) in [5.41, 5.74) is 4.35. The zero-order valence-electron chi connectivity index (χ0n) is 49.8. The fourth-order valence-corrected chi connectivity index (χ4v) is 12.0. The van der Waals surface area contributed by atoms with Gasteiger partial charge in [0.2, 0.25) is 23.6 Å². The van der Waals surface area contributed by atoms with Crippen LogP contribution in [0.1, 0.15) is 137 Å². The van der Waals surface area contributed by atoms with Gasteiger partial charge in [-0.25, -0.2) is 4.98 Å². The third kappa shape index (κ3) is 20.6. The highest BCUT2D eigenvalue weighted by molar-refractivity contribution is 7.13. The monoisotopic (exact) mass is 1160 g/mol. The van der Waals surface area contributed by atoms with Crippen LogP contribution in [0.2, 0.25) is 0 Å². The van der Waals surface area contributed by atoms with E-state index in [1.165, 1.54) is 10.5 Å². The van der Waals surface area contributed by atoms with Crippen molar-refractivity contribution in [1.82, 2.24) is 25.8 Å². The predicted octanol–water partition coefficient (Wildman–Crippen LogP) is 6.94. The maximum Gasteiger partial charge on any atom is 0.311 e. The van der Waals surface area contributed by atoms with Crippen molar-refractivity contribution >= 4 is 46.9 Å². The summed E-state index contributed by atoms with van der Waals surface area (Å²) in [5.74, 6) is -1.29. The lowest BCUT2D eigenvalue weighted by Crippen LogP contribution is -2.57. The van der Waals surface area contributed by atoms with Gasteiger partial charge in [0, 0.05) is 90.9 Å². The maximum absolute atomic E-state index is 14.0. The number of esters is 2. The lowest BCUT2D eigenvalue weighted by Gasteiger charge is -2.44. The number of nitrogens with zero attached hydrogens (tertiary/aromatic N) is 2. The molecule has 5 N–H and O–H groups in total. The van der Waals surface area contributed by atoms with Crippen molar-refractivity contribution < 1.29 is 67.4 Å². The number of aromatic nitrogens is 1. The number of likely N-dealkylation sites (tertiary alicyclic amines) is 1. The Morgan fingerprint density at radius 3 is 2.11 bits per heavy atom. The Morgan fingerprint density at radius 1 is 0.817 bits per heavy atom. The van der Waals surface area contributed by atoms with Gasteiger partial charge in [-0.05, 0) is 106 Å². The summed E-state index contributed by atoms with van der Waals surface area (Å²) >= 11 is 1.57. The molecule has 20 heteroatoms. The molecular formula is C62H93N5O14S. The zero-order chi connectivity index (χ0) is 59.4. The third-order valence-electron chi connectivity index (χ3n) is 15.9. The fraction of sp³-hybridized carbons (Fsp3) is 0.694. The second-order valence-electron chi connectivity index (χ2n) is 24.5. The van der Waals surface area contributed by atoms with Crippen LogP contribution in [0, 0.1) is 41.4 Å². The van der Waals surface area contributed by atoms with Crippen molar-refractivity contribution in [2.45, 2.75) is 175 Å². The first kappa shape index (κ1) is 66.1. The number of thiazole rings is 1. The van der Waals surface area contributed by atoms with Gasteiger partial charge < -0.3 is 59.5 Å². The summed E-state index contributed by atoms with van der Waals surface area (Å²) in [4.78, 5) is 85.8. The number of allylic oxidation sites excluding steroid dienone is 3. The molecule has 0 unspecified atom stereocenters. The number of aliphatic hydroxyl groups excluding tert-OH is 2. The molecule has 2 fully saturated rings. The van der Waals surface area contributed by atoms with Crippen LogP contribution in [0.25, 0.3) is 10.4 Å². The average Bonchev–Trinajstić information content (AvgIpc) is 4.21. The molecule has 6 rings (SSSR count). The van der Waals surface area contributed by atoms with Gasteiger partial charge in [0.1, 0.15) is 24.3 Å². The first-order chi connectivity index (χ1) is 39.1. The van der Waals surface area contributed by atoms with E-state index in [9.17, 15) is 39.0 Å². The number of rotatable bonds is 32. The van der Waals surface area contributed by atoms with E-state index in [1.54, 1.807) is 11.3 Å². The molecule has 1 aromatic carbocycles. The normalized spacial score (nSPS) is 24.0. The molecule has 82 heavy (non-hydrogen) atoms. The molecule has 2 saturated heterocycles. The average molecular weight is 1160 g/mol. The number of carbonyl (C=O) groups excluding carboxylic acids is 6. The van der Waals surface area contributed by atoms with Gasteiger partial charge in [0.05, 0.1) is 53.3 Å². The van der Waals surface area contributed by atoms with Crippen molar-refractivity contribution in [1.29, 1.82) is 0 Å². The Morgan fingerprint density at radius 2 is 1.48 bits per heavy atom. The first-order valence-electron chi connectivity index (χ1n) is 29.7. The Bertz CT molecular complexity index is 2460. The number of cyclic esters (lactones) is 1. The smallest absolute Gasteiger partial charge is 0.311 e. The molecule has 4 aliphatic rings. The van der Waals surface area contributed by atoms with Crippen LogP contribution in [0.15, 0.2) is 53.6 Å². The SMILES string of the molecule is Cc1ncsc1-c1ccc(CNC(=O)[C@@H]2C[C@@H](O)CN2C(=O)[C@@H](NC(=O)CCOCCCOCCCOCCCOCCNC(=O)CCC(C)(C)C(=O)O[C@H]2C[C@@H](C)C=C3C=C[C@H](C)[C@H](CC[C@@H]4C[C@@H](O)CC(=O)O4)[C@H]32)C(C)(C)C)cc1. The number of hydrogen-bond acceptors (Lipinski definition) is 16. The number of hydrogen-bond donors (Lipinski definition) is 5. The van der Waals surface area contributed by atoms with Crippen molar-refractivity contribution in [3.05, 3.63) is 64.8 Å². The second kappa shape index (κ2) is 32.3. The molecule has 2 aliphatic carbocycles. The van der Waals surface area contributed by atoms with Gasteiger partial charge in [-0.2, -0.15) is 0 Å². The van der Waals surface area contributed by atoms with Gasteiger partial charge in [-0.3, -0.25) is 28.8 Å². The fourth-order valence-electron chi connectivity index (χ4n) is 11.2. The van der Waals surface area contributed by atoms with Crippen LogP contribution in [0.3, 0.4) is 0 Å². The molecule has 0 spiro atoms. The van der Waals surface area contributed by atoms with E-state index in [2.05, 4.69) is 53.0 Å². The highest BCUT2D eigenvalue weighted by atomic mass is 32.1. The van der Waals surface area contributed by atoms with E-state index in [-0.39, 0.29) is 111 Å². The Kier molecular flexibility index (Phi) is 26.0. The van der Waals surface area contributed by atoms with Gasteiger partial charge >= 0.3 is 11.9 Å². The summed E-state index contributed by atoms with van der Waals surface area (Å²) in [7, 11) is 0. The molecule has 10 atom stereocenters. The molecule has 0 radical (unpaired) electrons. The number of fused-ring (bicyclic) bond motifs is 1. The number of amides is 4. The minimum Gasteiger partial charge on any atom is -0.462 e. The Balaban J connectivity index is 0.748. The number of β-amino-alcohol motifs (C(OH)–C–C–N with tert-alkyl or cyclic N) is 1. The molecule has 0 saturated carbocycles. The van der Waals surface area contributed by atoms with E-state index in [4.69, 9.17) is 28.4 Å². The molecule has 1 aromatic heterocycles. The lowest BCUT2D eigenvalue weighted by molar-refractivity contribution is -0.166. The summed E-state index contributed by atoms with van der Waals surface area (Å²) < 4.78 is 34.7. The lowest BCUT2D eigenvalue weighted by atomic mass is 9.65. The summed E-state index contributed by atoms with van der Waals surface area (Å²) in [6.45, 7) is 19.6. The largest absolute Gasteiger partial charge is 0.462 e. The van der Waals surface area contributed by atoms with Crippen molar-refractivity contribution in [2.24, 2.45) is 34.5 Å². The molecule has 456 valence electrons. The van der Waals surface area contributed by atoms with Crippen LogP contribution in [-0.2, 0) is 63.7 Å². The van der Waals surface area contributed by atoms with Gasteiger partial charge in [0.15, 0.2) is 0 Å². The topological polar surface area (TPSA) is 250 Å². The van der Waals surface area contributed by atoms with E-state index in [0.29, 0.717) is 91.3 Å². The number of aliphatic hydroxyl groups is 2. The van der Waals surface area contributed by atoms with Crippen LogP contribution < -0.4 is 16.0 Å². The van der Waals surface area contributed by atoms with Crippen molar-refractivity contribution in [3.8, 4) is 10.4 Å². The number of carbonyl (C=O) groups is 6. The first-order valence-corrected chi connectivity index (χ1v) is 30.6. The van der Waals surface area contributed by atoms with Crippen LogP contribution in [0.5, 0.6) is 0 Å². The van der Waals surface area contributed by atoms with E-state index < -0.39 is 41.0 Å². The van der Waals surface area contributed by atoms with E-state index in [1.807, 2.05) is 71.3 Å². The minimum absolute atomic E-state index is 0.00522. The molecule has 2 aliphatic heterocycles. The summed E-state index contributed by atoms with van der Waals surface area (Å²) in [5, 5.41) is 29.4. The Hall–Kier alpha value is -5.09. The van der Waals surface area contributed by atoms with Crippen molar-refractivity contribution in [2.75, 3.05) is 65.9 Å². The third-order valence-corrected chi connectivity index (χ3v) is 16.9. The van der Waals surface area contributed by atoms with Crippen LogP contribution in [0.4, 0.5) is 0 Å². The quantitative estimate of drug-likeness (QED) is 0.0368. The molecule has 3 heterocycles. The number of nitrogens with one attached hydrogen (secondary N) is 3. The highest BCUT2D eigenvalue weighted by Gasteiger charge is 2.46. The minimum atomic E-state index is -0.925. The predicted molar refractivity (Wildman–Crippen MR) is 311 cm³/mol. The second-order valence-corrected chi connectivity index (χ2v) is 25.3. The molecule has 4 amide bonds. The number of benzene rings is 1.